The normalized spacial score (nSPS) is 11.5. The average Bonchev–Trinajstić information content (AvgIpc) is 2.91. The molecule has 0 aliphatic rings. The number of sulfonamides is 1. The second-order valence-corrected chi connectivity index (χ2v) is 6.40. The second-order valence-electron chi connectivity index (χ2n) is 4.72. The van der Waals surface area contributed by atoms with Crippen molar-refractivity contribution in [1.82, 2.24) is 9.78 Å². The first kappa shape index (κ1) is 15.5. The second kappa shape index (κ2) is 6.73. The maximum atomic E-state index is 12.2. The molecule has 0 saturated heterocycles. The highest BCUT2D eigenvalue weighted by Crippen LogP contribution is 2.16. The van der Waals surface area contributed by atoms with Crippen molar-refractivity contribution in [2.45, 2.75) is 31.2 Å². The average molecular weight is 309 g/mol. The number of hydrogen-bond acceptors (Lipinski definition) is 4. The van der Waals surface area contributed by atoms with E-state index in [2.05, 4.69) is 16.7 Å². The minimum Gasteiger partial charge on any atom is -0.394 e. The van der Waals surface area contributed by atoms with Crippen molar-refractivity contribution < 1.29 is 13.5 Å². The molecule has 0 aliphatic carbocycles. The molecule has 2 rings (SSSR count). The Morgan fingerprint density at radius 2 is 2.00 bits per heavy atom. The number of rotatable bonds is 7. The van der Waals surface area contributed by atoms with E-state index in [0.29, 0.717) is 5.69 Å². The van der Waals surface area contributed by atoms with Crippen LogP contribution in [0.1, 0.15) is 18.9 Å². The summed E-state index contributed by atoms with van der Waals surface area (Å²) in [7, 11) is -3.65. The van der Waals surface area contributed by atoms with Crippen LogP contribution in [-0.4, -0.2) is 29.9 Å². The third-order valence-electron chi connectivity index (χ3n) is 2.99. The van der Waals surface area contributed by atoms with Crippen LogP contribution >= 0.6 is 0 Å². The molecule has 7 heteroatoms. The molecule has 0 atom stereocenters. The molecule has 114 valence electrons. The van der Waals surface area contributed by atoms with Crippen LogP contribution < -0.4 is 4.72 Å². The molecule has 0 radical (unpaired) electrons. The van der Waals surface area contributed by atoms with E-state index in [1.807, 2.05) is 12.1 Å². The zero-order valence-electron chi connectivity index (χ0n) is 11.9. The SMILES string of the molecule is CCCc1ccc(NS(=O)(=O)c2cnn(CCO)c2)cc1. The van der Waals surface area contributed by atoms with Crippen LogP contribution in [-0.2, 0) is 23.0 Å². The number of aliphatic hydroxyl groups is 1. The Hall–Kier alpha value is -1.86. The van der Waals surface area contributed by atoms with Gasteiger partial charge in [0.25, 0.3) is 10.0 Å². The molecule has 0 aliphatic heterocycles. The number of aliphatic hydroxyl groups excluding tert-OH is 1. The molecule has 2 N–H and O–H groups in total. The molecule has 1 heterocycles. The fourth-order valence-electron chi connectivity index (χ4n) is 1.95. The van der Waals surface area contributed by atoms with E-state index in [1.165, 1.54) is 22.6 Å². The fraction of sp³-hybridized carbons (Fsp3) is 0.357. The minimum atomic E-state index is -3.65. The third-order valence-corrected chi connectivity index (χ3v) is 4.33. The number of aromatic nitrogens is 2. The lowest BCUT2D eigenvalue weighted by molar-refractivity contribution is 0.269. The lowest BCUT2D eigenvalue weighted by atomic mass is 10.1. The smallest absolute Gasteiger partial charge is 0.265 e. The molecule has 0 spiro atoms. The van der Waals surface area contributed by atoms with Crippen LogP contribution in [0.2, 0.25) is 0 Å². The monoisotopic (exact) mass is 309 g/mol. The number of benzene rings is 1. The van der Waals surface area contributed by atoms with Crippen molar-refractivity contribution in [1.29, 1.82) is 0 Å². The molecule has 21 heavy (non-hydrogen) atoms. The van der Waals surface area contributed by atoms with Crippen molar-refractivity contribution in [3.63, 3.8) is 0 Å². The Labute approximate surface area is 124 Å². The van der Waals surface area contributed by atoms with Gasteiger partial charge in [-0.15, -0.1) is 0 Å². The molecular formula is C14H19N3O3S. The van der Waals surface area contributed by atoms with Crippen molar-refractivity contribution in [3.05, 3.63) is 42.2 Å². The van der Waals surface area contributed by atoms with Gasteiger partial charge in [0, 0.05) is 11.9 Å². The van der Waals surface area contributed by atoms with E-state index in [4.69, 9.17) is 5.11 Å². The largest absolute Gasteiger partial charge is 0.394 e. The summed E-state index contributed by atoms with van der Waals surface area (Å²) in [5.41, 5.74) is 1.70. The lowest BCUT2D eigenvalue weighted by Gasteiger charge is -2.07. The first-order chi connectivity index (χ1) is 10.0. The molecule has 1 aromatic heterocycles. The van der Waals surface area contributed by atoms with Crippen LogP contribution in [0.5, 0.6) is 0 Å². The van der Waals surface area contributed by atoms with Gasteiger partial charge in [-0.25, -0.2) is 8.42 Å². The molecule has 6 nitrogen and oxygen atoms in total. The van der Waals surface area contributed by atoms with Crippen LogP contribution in [0, 0.1) is 0 Å². The van der Waals surface area contributed by atoms with Gasteiger partial charge in [-0.1, -0.05) is 25.5 Å². The van der Waals surface area contributed by atoms with Crippen LogP contribution in [0.15, 0.2) is 41.6 Å². The number of hydrogen-bond donors (Lipinski definition) is 2. The Morgan fingerprint density at radius 1 is 1.29 bits per heavy atom. The maximum Gasteiger partial charge on any atom is 0.265 e. The van der Waals surface area contributed by atoms with Gasteiger partial charge in [0.1, 0.15) is 4.90 Å². The van der Waals surface area contributed by atoms with Gasteiger partial charge in [-0.3, -0.25) is 9.40 Å². The fourth-order valence-corrected chi connectivity index (χ4v) is 2.96. The van der Waals surface area contributed by atoms with Gasteiger partial charge in [0.05, 0.1) is 19.3 Å². The Morgan fingerprint density at radius 3 is 2.62 bits per heavy atom. The standard InChI is InChI=1S/C14H19N3O3S/c1-2-3-12-4-6-13(7-5-12)16-21(19,20)14-10-15-17(11-14)8-9-18/h4-7,10-11,16,18H,2-3,8-9H2,1H3. The van der Waals surface area contributed by atoms with E-state index in [0.717, 1.165) is 12.8 Å². The quantitative estimate of drug-likeness (QED) is 0.814. The molecular weight excluding hydrogens is 290 g/mol. The first-order valence-corrected chi connectivity index (χ1v) is 8.28. The number of nitrogens with zero attached hydrogens (tertiary/aromatic N) is 2. The molecule has 0 saturated carbocycles. The van der Waals surface area contributed by atoms with Crippen molar-refractivity contribution in [2.75, 3.05) is 11.3 Å². The van der Waals surface area contributed by atoms with E-state index in [-0.39, 0.29) is 18.0 Å². The predicted molar refractivity (Wildman–Crippen MR) is 80.6 cm³/mol. The van der Waals surface area contributed by atoms with Crippen molar-refractivity contribution >= 4 is 15.7 Å². The highest BCUT2D eigenvalue weighted by molar-refractivity contribution is 7.92. The summed E-state index contributed by atoms with van der Waals surface area (Å²) in [5.74, 6) is 0. The van der Waals surface area contributed by atoms with Crippen molar-refractivity contribution in [2.24, 2.45) is 0 Å². The molecule has 2 aromatic rings. The lowest BCUT2D eigenvalue weighted by Crippen LogP contribution is -2.12. The van der Waals surface area contributed by atoms with Gasteiger partial charge in [-0.2, -0.15) is 5.10 Å². The predicted octanol–water partition coefficient (Wildman–Crippen LogP) is 1.63. The zero-order chi connectivity index (χ0) is 15.3. The van der Waals surface area contributed by atoms with E-state index in [9.17, 15) is 8.42 Å². The number of nitrogens with one attached hydrogen (secondary N) is 1. The maximum absolute atomic E-state index is 12.2. The summed E-state index contributed by atoms with van der Waals surface area (Å²) in [5, 5.41) is 12.7. The highest BCUT2D eigenvalue weighted by atomic mass is 32.2. The van der Waals surface area contributed by atoms with Gasteiger partial charge in [-0.05, 0) is 24.1 Å². The van der Waals surface area contributed by atoms with Gasteiger partial charge >= 0.3 is 0 Å². The Balaban J connectivity index is 2.12. The highest BCUT2D eigenvalue weighted by Gasteiger charge is 2.16. The number of aryl methyl sites for hydroxylation is 1. The van der Waals surface area contributed by atoms with Crippen LogP contribution in [0.3, 0.4) is 0 Å². The van der Waals surface area contributed by atoms with E-state index in [1.54, 1.807) is 12.1 Å². The molecule has 1 aromatic carbocycles. The Bertz CT molecular complexity index is 678. The molecule has 0 fully saturated rings. The summed E-state index contributed by atoms with van der Waals surface area (Å²) in [6.07, 6.45) is 4.68. The van der Waals surface area contributed by atoms with Crippen LogP contribution in [0.25, 0.3) is 0 Å². The summed E-state index contributed by atoms with van der Waals surface area (Å²) < 4.78 is 28.3. The Kier molecular flexibility index (Phi) is 4.98. The van der Waals surface area contributed by atoms with E-state index < -0.39 is 10.0 Å². The van der Waals surface area contributed by atoms with Crippen LogP contribution in [0.4, 0.5) is 5.69 Å². The summed E-state index contributed by atoms with van der Waals surface area (Å²) in [6, 6.07) is 7.33. The summed E-state index contributed by atoms with van der Waals surface area (Å²) in [4.78, 5) is 0.0774. The molecule has 0 amide bonds. The third kappa shape index (κ3) is 4.05. The van der Waals surface area contributed by atoms with Gasteiger partial charge in [0.2, 0.25) is 0 Å². The van der Waals surface area contributed by atoms with Gasteiger partial charge < -0.3 is 5.11 Å². The zero-order valence-corrected chi connectivity index (χ0v) is 12.7. The number of anilines is 1. The molecule has 0 bridgehead atoms. The topological polar surface area (TPSA) is 84.2 Å². The first-order valence-electron chi connectivity index (χ1n) is 6.80. The minimum absolute atomic E-state index is 0.0774. The summed E-state index contributed by atoms with van der Waals surface area (Å²) >= 11 is 0. The molecule has 0 unspecified atom stereocenters. The van der Waals surface area contributed by atoms with E-state index >= 15 is 0 Å². The van der Waals surface area contributed by atoms with Crippen molar-refractivity contribution in [3.8, 4) is 0 Å². The summed E-state index contributed by atoms with van der Waals surface area (Å²) in [6.45, 7) is 2.27. The van der Waals surface area contributed by atoms with Gasteiger partial charge in [0.15, 0.2) is 0 Å².